The molecule has 0 aliphatic carbocycles. The van der Waals surface area contributed by atoms with Crippen molar-refractivity contribution in [3.63, 3.8) is 0 Å². The van der Waals surface area contributed by atoms with Crippen LogP contribution < -0.4 is 10.6 Å². The molecule has 0 rings (SSSR count). The molecule has 0 bridgehead atoms. The molecule has 0 aromatic heterocycles. The molecule has 0 saturated carbocycles. The molecule has 0 spiro atoms. The highest BCUT2D eigenvalue weighted by atomic mass is 15.2. The summed E-state index contributed by atoms with van der Waals surface area (Å²) in [4.78, 5) is 0. The van der Waals surface area contributed by atoms with E-state index in [-0.39, 0.29) is 5.66 Å². The zero-order valence-electron chi connectivity index (χ0n) is 9.04. The lowest BCUT2D eigenvalue weighted by atomic mass is 10.1. The maximum atomic E-state index is 3.52. The third-order valence-corrected chi connectivity index (χ3v) is 2.24. The first kappa shape index (κ1) is 11.9. The van der Waals surface area contributed by atoms with Crippen LogP contribution in [0.25, 0.3) is 0 Å². The zero-order valence-corrected chi connectivity index (χ0v) is 9.04. The summed E-state index contributed by atoms with van der Waals surface area (Å²) in [7, 11) is 0. The van der Waals surface area contributed by atoms with Gasteiger partial charge in [0.25, 0.3) is 0 Å². The second-order valence-corrected chi connectivity index (χ2v) is 3.54. The zero-order chi connectivity index (χ0) is 9.45. The van der Waals surface area contributed by atoms with Crippen molar-refractivity contribution in [1.82, 2.24) is 10.6 Å². The summed E-state index contributed by atoms with van der Waals surface area (Å²) in [5.41, 5.74) is 0.145. The van der Waals surface area contributed by atoms with Gasteiger partial charge in [-0.15, -0.1) is 0 Å². The highest BCUT2D eigenvalue weighted by Crippen LogP contribution is 2.04. The van der Waals surface area contributed by atoms with Gasteiger partial charge in [-0.2, -0.15) is 0 Å². The molecule has 0 aromatic rings. The Balaban J connectivity index is 3.70. The molecule has 0 radical (unpaired) electrons. The molecule has 2 heteroatoms. The van der Waals surface area contributed by atoms with E-state index < -0.39 is 0 Å². The van der Waals surface area contributed by atoms with Gasteiger partial charge in [0, 0.05) is 0 Å². The smallest absolute Gasteiger partial charge is 0.0655 e. The summed E-state index contributed by atoms with van der Waals surface area (Å²) in [6.45, 7) is 11.0. The number of hydrogen-bond acceptors (Lipinski definition) is 2. The molecule has 12 heavy (non-hydrogen) atoms. The Hall–Kier alpha value is -0.0800. The minimum atomic E-state index is 0.145. The first-order valence-corrected chi connectivity index (χ1v) is 5.18. The van der Waals surface area contributed by atoms with Crippen molar-refractivity contribution in [2.24, 2.45) is 0 Å². The SMILES string of the molecule is CCCNC(C)(CC)NCCC. The fourth-order valence-corrected chi connectivity index (χ4v) is 1.11. The number of nitrogens with one attached hydrogen (secondary N) is 2. The Morgan fingerprint density at radius 3 is 1.58 bits per heavy atom. The van der Waals surface area contributed by atoms with Crippen LogP contribution in [0.5, 0.6) is 0 Å². The van der Waals surface area contributed by atoms with E-state index in [1.54, 1.807) is 0 Å². The van der Waals surface area contributed by atoms with Gasteiger partial charge in [0.15, 0.2) is 0 Å². The summed E-state index contributed by atoms with van der Waals surface area (Å²) in [5.74, 6) is 0. The molecule has 0 saturated heterocycles. The van der Waals surface area contributed by atoms with E-state index in [9.17, 15) is 0 Å². The summed E-state index contributed by atoms with van der Waals surface area (Å²) < 4.78 is 0. The molecule has 0 fully saturated rings. The van der Waals surface area contributed by atoms with Crippen LogP contribution in [0.1, 0.15) is 47.0 Å². The van der Waals surface area contributed by atoms with Crippen molar-refractivity contribution in [3.8, 4) is 0 Å². The lowest BCUT2D eigenvalue weighted by Crippen LogP contribution is -2.54. The van der Waals surface area contributed by atoms with E-state index in [1.807, 2.05) is 0 Å². The topological polar surface area (TPSA) is 24.1 Å². The molecule has 0 heterocycles. The van der Waals surface area contributed by atoms with E-state index in [4.69, 9.17) is 0 Å². The maximum absolute atomic E-state index is 3.52. The van der Waals surface area contributed by atoms with Crippen LogP contribution in [0, 0.1) is 0 Å². The van der Waals surface area contributed by atoms with E-state index in [0.29, 0.717) is 0 Å². The van der Waals surface area contributed by atoms with Gasteiger partial charge in [0.05, 0.1) is 5.66 Å². The van der Waals surface area contributed by atoms with Crippen LogP contribution in [0.2, 0.25) is 0 Å². The van der Waals surface area contributed by atoms with Gasteiger partial charge >= 0.3 is 0 Å². The van der Waals surface area contributed by atoms with E-state index in [0.717, 1.165) is 19.5 Å². The maximum Gasteiger partial charge on any atom is 0.0655 e. The van der Waals surface area contributed by atoms with Crippen LogP contribution in [0.4, 0.5) is 0 Å². The van der Waals surface area contributed by atoms with Crippen molar-refractivity contribution in [2.75, 3.05) is 13.1 Å². The number of rotatable bonds is 7. The van der Waals surface area contributed by atoms with Gasteiger partial charge in [0.1, 0.15) is 0 Å². The highest BCUT2D eigenvalue weighted by Gasteiger charge is 2.18. The molecule has 0 aromatic carbocycles. The predicted octanol–water partition coefficient (Wildman–Crippen LogP) is 2.11. The standard InChI is InChI=1S/C10H24N2/c1-5-8-11-10(4,7-3)12-9-6-2/h11-12H,5-9H2,1-4H3. The second-order valence-electron chi connectivity index (χ2n) is 3.54. The fraction of sp³-hybridized carbons (Fsp3) is 1.00. The summed E-state index contributed by atoms with van der Waals surface area (Å²) in [6, 6.07) is 0. The monoisotopic (exact) mass is 172 g/mol. The molecule has 74 valence electrons. The molecule has 0 amide bonds. The van der Waals surface area contributed by atoms with Gasteiger partial charge in [-0.1, -0.05) is 20.8 Å². The lowest BCUT2D eigenvalue weighted by Gasteiger charge is -2.31. The molecular weight excluding hydrogens is 148 g/mol. The molecular formula is C10H24N2. The van der Waals surface area contributed by atoms with E-state index >= 15 is 0 Å². The van der Waals surface area contributed by atoms with Crippen LogP contribution in [0.15, 0.2) is 0 Å². The fourth-order valence-electron chi connectivity index (χ4n) is 1.11. The van der Waals surface area contributed by atoms with Crippen molar-refractivity contribution in [1.29, 1.82) is 0 Å². The summed E-state index contributed by atoms with van der Waals surface area (Å²) in [5, 5.41) is 7.04. The van der Waals surface area contributed by atoms with Gasteiger partial charge in [0.2, 0.25) is 0 Å². The Bertz CT molecular complexity index is 94.0. The third kappa shape index (κ3) is 4.73. The van der Waals surface area contributed by atoms with Gasteiger partial charge in [-0.25, -0.2) is 0 Å². The lowest BCUT2D eigenvalue weighted by molar-refractivity contribution is 0.274. The predicted molar refractivity (Wildman–Crippen MR) is 55.3 cm³/mol. The molecule has 0 atom stereocenters. The highest BCUT2D eigenvalue weighted by molar-refractivity contribution is 4.77. The van der Waals surface area contributed by atoms with Crippen molar-refractivity contribution in [2.45, 2.75) is 52.6 Å². The Labute approximate surface area is 77.1 Å². The van der Waals surface area contributed by atoms with Crippen molar-refractivity contribution < 1.29 is 0 Å². The Kier molecular flexibility index (Phi) is 6.39. The summed E-state index contributed by atoms with van der Waals surface area (Å²) >= 11 is 0. The van der Waals surface area contributed by atoms with Crippen LogP contribution in [-0.2, 0) is 0 Å². The van der Waals surface area contributed by atoms with Crippen LogP contribution in [0.3, 0.4) is 0 Å². The molecule has 2 nitrogen and oxygen atoms in total. The Morgan fingerprint density at radius 2 is 1.33 bits per heavy atom. The van der Waals surface area contributed by atoms with Gasteiger partial charge in [-0.3, -0.25) is 10.6 Å². The average Bonchev–Trinajstić information content (AvgIpc) is 2.11. The van der Waals surface area contributed by atoms with Gasteiger partial charge < -0.3 is 0 Å². The molecule has 0 aliphatic heterocycles. The molecule has 2 N–H and O–H groups in total. The van der Waals surface area contributed by atoms with Crippen LogP contribution in [-0.4, -0.2) is 18.8 Å². The first-order chi connectivity index (χ1) is 5.68. The summed E-state index contributed by atoms with van der Waals surface area (Å²) in [6.07, 6.45) is 3.53. The normalized spacial score (nSPS) is 12.0. The van der Waals surface area contributed by atoms with E-state index in [1.165, 1.54) is 12.8 Å². The minimum Gasteiger partial charge on any atom is -0.300 e. The quantitative estimate of drug-likeness (QED) is 0.575. The molecule has 0 aliphatic rings. The van der Waals surface area contributed by atoms with Crippen LogP contribution >= 0.6 is 0 Å². The van der Waals surface area contributed by atoms with E-state index in [2.05, 4.69) is 38.3 Å². The second kappa shape index (κ2) is 6.44. The first-order valence-electron chi connectivity index (χ1n) is 5.18. The Morgan fingerprint density at radius 1 is 0.917 bits per heavy atom. The average molecular weight is 172 g/mol. The molecule has 0 unspecified atom stereocenters. The minimum absolute atomic E-state index is 0.145. The van der Waals surface area contributed by atoms with Gasteiger partial charge in [-0.05, 0) is 39.3 Å². The largest absolute Gasteiger partial charge is 0.300 e. The third-order valence-electron chi connectivity index (χ3n) is 2.24. The van der Waals surface area contributed by atoms with Crippen molar-refractivity contribution in [3.05, 3.63) is 0 Å². The van der Waals surface area contributed by atoms with Crippen molar-refractivity contribution >= 4 is 0 Å². The number of hydrogen-bond donors (Lipinski definition) is 2.